The Kier molecular flexibility index (Phi) is 8.51. The van der Waals surface area contributed by atoms with Crippen molar-refractivity contribution in [3.8, 4) is 5.75 Å². The van der Waals surface area contributed by atoms with Crippen LogP contribution >= 0.6 is 11.6 Å². The monoisotopic (exact) mass is 485 g/mol. The standard InChI is InChI=1S/C22H28ClNO7S/c1-29-22-20(26)13-19(25)21(31-22)15-5-8-18(23)16(12-15)11-14-3-6-17(7-4-14)30-10-9-24-32(2,27)28/h3-8,12,19-22,24-26H,9-11,13H2,1-2H3. The van der Waals surface area contributed by atoms with Crippen LogP contribution in [-0.2, 0) is 25.9 Å². The molecule has 2 aromatic rings. The molecule has 1 heterocycles. The number of ether oxygens (including phenoxy) is 3. The van der Waals surface area contributed by atoms with E-state index < -0.39 is 34.6 Å². The van der Waals surface area contributed by atoms with Crippen LogP contribution < -0.4 is 9.46 Å². The van der Waals surface area contributed by atoms with Crippen molar-refractivity contribution in [2.45, 2.75) is 37.4 Å². The molecule has 1 saturated heterocycles. The van der Waals surface area contributed by atoms with Crippen molar-refractivity contribution in [3.63, 3.8) is 0 Å². The van der Waals surface area contributed by atoms with Gasteiger partial charge in [0.1, 0.15) is 24.6 Å². The minimum atomic E-state index is -3.23. The van der Waals surface area contributed by atoms with Gasteiger partial charge in [0, 0.05) is 25.1 Å². The van der Waals surface area contributed by atoms with Gasteiger partial charge in [-0.2, -0.15) is 0 Å². The molecule has 4 atom stereocenters. The van der Waals surface area contributed by atoms with Crippen LogP contribution in [0.25, 0.3) is 0 Å². The maximum Gasteiger partial charge on any atom is 0.208 e. The Balaban J connectivity index is 1.65. The summed E-state index contributed by atoms with van der Waals surface area (Å²) in [5, 5.41) is 20.9. The maximum absolute atomic E-state index is 11.1. The fourth-order valence-corrected chi connectivity index (χ4v) is 4.19. The molecule has 10 heteroatoms. The van der Waals surface area contributed by atoms with Gasteiger partial charge in [0.05, 0.1) is 12.4 Å². The molecule has 0 aliphatic carbocycles. The van der Waals surface area contributed by atoms with Gasteiger partial charge >= 0.3 is 0 Å². The molecular formula is C22H28ClNO7S. The number of aliphatic hydroxyl groups excluding tert-OH is 2. The number of sulfonamides is 1. The fourth-order valence-electron chi connectivity index (χ4n) is 3.55. The van der Waals surface area contributed by atoms with Gasteiger partial charge in [-0.3, -0.25) is 0 Å². The Labute approximate surface area is 193 Å². The topological polar surface area (TPSA) is 114 Å². The summed E-state index contributed by atoms with van der Waals surface area (Å²) in [4.78, 5) is 0. The number of halogens is 1. The van der Waals surface area contributed by atoms with Gasteiger partial charge < -0.3 is 24.4 Å². The molecule has 0 spiro atoms. The van der Waals surface area contributed by atoms with Gasteiger partial charge in [-0.15, -0.1) is 0 Å². The number of benzene rings is 2. The van der Waals surface area contributed by atoms with Crippen molar-refractivity contribution in [2.75, 3.05) is 26.5 Å². The lowest BCUT2D eigenvalue weighted by atomic mass is 9.94. The lowest BCUT2D eigenvalue weighted by Gasteiger charge is -2.36. The zero-order valence-corrected chi connectivity index (χ0v) is 19.5. The van der Waals surface area contributed by atoms with Crippen molar-refractivity contribution in [2.24, 2.45) is 0 Å². The van der Waals surface area contributed by atoms with E-state index in [4.69, 9.17) is 25.8 Å². The van der Waals surface area contributed by atoms with E-state index in [1.807, 2.05) is 30.3 Å². The molecule has 0 saturated carbocycles. The van der Waals surface area contributed by atoms with Crippen molar-refractivity contribution < 1.29 is 32.8 Å². The van der Waals surface area contributed by atoms with E-state index in [0.717, 1.165) is 22.9 Å². The molecule has 3 rings (SSSR count). The number of hydrogen-bond donors (Lipinski definition) is 3. The average Bonchev–Trinajstić information content (AvgIpc) is 2.73. The second-order valence-electron chi connectivity index (χ2n) is 7.72. The molecule has 0 bridgehead atoms. The van der Waals surface area contributed by atoms with Crippen LogP contribution in [0.4, 0.5) is 0 Å². The third-order valence-electron chi connectivity index (χ3n) is 5.11. The number of methoxy groups -OCH3 is 1. The highest BCUT2D eigenvalue weighted by Gasteiger charge is 2.37. The third-order valence-corrected chi connectivity index (χ3v) is 6.21. The highest BCUT2D eigenvalue weighted by atomic mass is 35.5. The summed E-state index contributed by atoms with van der Waals surface area (Å²) in [5.41, 5.74) is 2.62. The molecule has 32 heavy (non-hydrogen) atoms. The molecule has 1 aliphatic rings. The first-order valence-corrected chi connectivity index (χ1v) is 12.4. The van der Waals surface area contributed by atoms with Gasteiger partial charge in [-0.1, -0.05) is 35.9 Å². The minimum absolute atomic E-state index is 0.155. The van der Waals surface area contributed by atoms with E-state index in [9.17, 15) is 18.6 Å². The van der Waals surface area contributed by atoms with Gasteiger partial charge in [-0.25, -0.2) is 13.1 Å². The van der Waals surface area contributed by atoms with Crippen LogP contribution in [0.2, 0.25) is 5.02 Å². The van der Waals surface area contributed by atoms with E-state index in [1.54, 1.807) is 12.1 Å². The first-order chi connectivity index (χ1) is 15.2. The highest BCUT2D eigenvalue weighted by molar-refractivity contribution is 7.88. The Hall–Kier alpha value is -1.72. The second-order valence-corrected chi connectivity index (χ2v) is 9.96. The highest BCUT2D eigenvalue weighted by Crippen LogP contribution is 2.34. The Morgan fingerprint density at radius 1 is 1.16 bits per heavy atom. The average molecular weight is 486 g/mol. The fraction of sp³-hybridized carbons (Fsp3) is 0.455. The SMILES string of the molecule is COC1OC(c2ccc(Cl)c(Cc3ccc(OCCNS(C)(=O)=O)cc3)c2)C(O)CC1O. The molecule has 1 aliphatic heterocycles. The molecule has 176 valence electrons. The van der Waals surface area contributed by atoms with E-state index in [1.165, 1.54) is 7.11 Å². The van der Waals surface area contributed by atoms with Crippen molar-refractivity contribution >= 4 is 21.6 Å². The summed E-state index contributed by atoms with van der Waals surface area (Å²) in [6, 6.07) is 12.9. The molecule has 0 aromatic heterocycles. The number of rotatable bonds is 9. The zero-order valence-electron chi connectivity index (χ0n) is 17.9. The quantitative estimate of drug-likeness (QED) is 0.465. The summed E-state index contributed by atoms with van der Waals surface area (Å²) in [6.07, 6.45) is -1.37. The molecule has 0 amide bonds. The van der Waals surface area contributed by atoms with Crippen LogP contribution in [0.1, 0.15) is 29.2 Å². The predicted molar refractivity (Wildman–Crippen MR) is 120 cm³/mol. The van der Waals surface area contributed by atoms with Crippen LogP contribution in [0.15, 0.2) is 42.5 Å². The van der Waals surface area contributed by atoms with Crippen molar-refractivity contribution in [3.05, 3.63) is 64.2 Å². The molecular weight excluding hydrogens is 458 g/mol. The van der Waals surface area contributed by atoms with E-state index >= 15 is 0 Å². The zero-order chi connectivity index (χ0) is 23.3. The second kappa shape index (κ2) is 10.9. The number of hydrogen-bond acceptors (Lipinski definition) is 7. The van der Waals surface area contributed by atoms with E-state index in [0.29, 0.717) is 17.2 Å². The minimum Gasteiger partial charge on any atom is -0.492 e. The van der Waals surface area contributed by atoms with Crippen molar-refractivity contribution in [1.82, 2.24) is 4.72 Å². The summed E-state index contributed by atoms with van der Waals surface area (Å²) in [7, 11) is -1.78. The normalized spacial score (nSPS) is 23.8. The Bertz CT molecular complexity index is 1000. The molecule has 0 radical (unpaired) electrons. The number of nitrogens with one attached hydrogen (secondary N) is 1. The number of aliphatic hydroxyl groups is 2. The first kappa shape index (κ1) is 24.9. The largest absolute Gasteiger partial charge is 0.492 e. The van der Waals surface area contributed by atoms with E-state index in [-0.39, 0.29) is 19.6 Å². The summed E-state index contributed by atoms with van der Waals surface area (Å²) < 4.78 is 40.9. The smallest absolute Gasteiger partial charge is 0.208 e. The summed E-state index contributed by atoms with van der Waals surface area (Å²) in [6.45, 7) is 0.417. The summed E-state index contributed by atoms with van der Waals surface area (Å²) in [5.74, 6) is 0.631. The van der Waals surface area contributed by atoms with Gasteiger partial charge in [-0.05, 0) is 41.3 Å². The Morgan fingerprint density at radius 2 is 1.88 bits per heavy atom. The van der Waals surface area contributed by atoms with Crippen LogP contribution in [0, 0.1) is 0 Å². The molecule has 3 N–H and O–H groups in total. The van der Waals surface area contributed by atoms with Gasteiger partial charge in [0.2, 0.25) is 10.0 Å². The molecule has 4 unspecified atom stereocenters. The van der Waals surface area contributed by atoms with E-state index in [2.05, 4.69) is 4.72 Å². The van der Waals surface area contributed by atoms with Crippen LogP contribution in [0.5, 0.6) is 5.75 Å². The third kappa shape index (κ3) is 6.89. The lowest BCUT2D eigenvalue weighted by molar-refractivity contribution is -0.258. The Morgan fingerprint density at radius 3 is 2.53 bits per heavy atom. The van der Waals surface area contributed by atoms with Gasteiger partial charge in [0.15, 0.2) is 6.29 Å². The van der Waals surface area contributed by atoms with Crippen molar-refractivity contribution in [1.29, 1.82) is 0 Å². The van der Waals surface area contributed by atoms with Crippen LogP contribution in [0.3, 0.4) is 0 Å². The first-order valence-electron chi connectivity index (χ1n) is 10.2. The van der Waals surface area contributed by atoms with Gasteiger partial charge in [0.25, 0.3) is 0 Å². The molecule has 1 fully saturated rings. The summed E-state index contributed by atoms with van der Waals surface area (Å²) >= 11 is 6.40. The lowest BCUT2D eigenvalue weighted by Crippen LogP contribution is -2.43. The maximum atomic E-state index is 11.1. The van der Waals surface area contributed by atoms with Crippen LogP contribution in [-0.4, -0.2) is 63.6 Å². The molecule has 2 aromatic carbocycles. The predicted octanol–water partition coefficient (Wildman–Crippen LogP) is 2.01. The molecule has 8 nitrogen and oxygen atoms in total.